The molecule has 0 saturated carbocycles. The Labute approximate surface area is 258 Å². The predicted octanol–water partition coefficient (Wildman–Crippen LogP) is 7.15. The molecule has 0 aliphatic carbocycles. The average molecular weight is 610 g/mol. The van der Waals surface area contributed by atoms with Crippen molar-refractivity contribution in [2.75, 3.05) is 43.9 Å². The van der Waals surface area contributed by atoms with Gasteiger partial charge in [-0.1, -0.05) is 44.4 Å². The first-order valence-corrected chi connectivity index (χ1v) is 16.0. The molecule has 2 aromatic carbocycles. The number of methoxy groups -OCH3 is 1. The van der Waals surface area contributed by atoms with Gasteiger partial charge >= 0.3 is 6.03 Å². The van der Waals surface area contributed by atoms with Crippen LogP contribution < -0.4 is 30.2 Å². The van der Waals surface area contributed by atoms with Gasteiger partial charge in [-0.25, -0.2) is 9.78 Å². The molecule has 3 amide bonds. The minimum Gasteiger partial charge on any atom is -0.493 e. The van der Waals surface area contributed by atoms with E-state index in [-0.39, 0.29) is 18.0 Å². The number of carbonyl (C=O) groups excluding carboxylic acids is 2. The summed E-state index contributed by atoms with van der Waals surface area (Å²) in [6.45, 7) is 8.27. The third-order valence-corrected chi connectivity index (χ3v) is 7.98. The molecular formula is C32H43N5O5S. The van der Waals surface area contributed by atoms with Gasteiger partial charge in [0.1, 0.15) is 11.9 Å². The molecule has 0 bridgehead atoms. The number of hydrogen-bond donors (Lipinski definition) is 3. The summed E-state index contributed by atoms with van der Waals surface area (Å²) in [5.41, 5.74) is 1.09. The lowest BCUT2D eigenvalue weighted by atomic mass is 10.1. The molecule has 3 aromatic rings. The van der Waals surface area contributed by atoms with Crippen molar-refractivity contribution in [3.8, 4) is 22.3 Å². The zero-order valence-electron chi connectivity index (χ0n) is 25.3. The molecule has 0 spiro atoms. The van der Waals surface area contributed by atoms with Crippen LogP contribution in [0.3, 0.4) is 0 Å². The van der Waals surface area contributed by atoms with Crippen molar-refractivity contribution < 1.29 is 23.8 Å². The number of benzene rings is 2. The van der Waals surface area contributed by atoms with E-state index in [9.17, 15) is 9.59 Å². The molecule has 11 heteroatoms. The first-order valence-electron chi connectivity index (χ1n) is 15.1. The summed E-state index contributed by atoms with van der Waals surface area (Å²) in [7, 11) is 1.53. The molecule has 0 radical (unpaired) electrons. The Bertz CT molecular complexity index is 1310. The SMILES string of the molecule is CCCCCNC(=O)Nc1ccc(Oc2cnc(NC(=O)c3ccc(OC4CCN(CCCC)CC4)cc3)s2)c(OC)c1. The van der Waals surface area contributed by atoms with Gasteiger partial charge < -0.3 is 29.7 Å². The number of carbonyl (C=O) groups is 2. The van der Waals surface area contributed by atoms with E-state index in [1.54, 1.807) is 36.5 Å². The predicted molar refractivity (Wildman–Crippen MR) is 171 cm³/mol. The highest BCUT2D eigenvalue weighted by Crippen LogP contribution is 2.37. The van der Waals surface area contributed by atoms with Crippen LogP contribution in [0.1, 0.15) is 69.2 Å². The second-order valence-corrected chi connectivity index (χ2v) is 11.5. The summed E-state index contributed by atoms with van der Waals surface area (Å²) in [4.78, 5) is 31.8. The molecule has 4 rings (SSSR count). The zero-order chi connectivity index (χ0) is 30.4. The fraction of sp³-hybridized carbons (Fsp3) is 0.469. The summed E-state index contributed by atoms with van der Waals surface area (Å²) < 4.78 is 17.6. The minimum absolute atomic E-state index is 0.206. The monoisotopic (exact) mass is 609 g/mol. The number of nitrogens with zero attached hydrogens (tertiary/aromatic N) is 2. The number of amides is 3. The van der Waals surface area contributed by atoms with Gasteiger partial charge in [-0.3, -0.25) is 10.1 Å². The molecule has 1 saturated heterocycles. The minimum atomic E-state index is -0.268. The Balaban J connectivity index is 1.25. The highest BCUT2D eigenvalue weighted by Gasteiger charge is 2.20. The number of rotatable bonds is 15. The number of hydrogen-bond acceptors (Lipinski definition) is 8. The molecule has 2 heterocycles. The van der Waals surface area contributed by atoms with Crippen molar-refractivity contribution in [2.45, 2.75) is 64.9 Å². The number of thiazole rings is 1. The number of ether oxygens (including phenoxy) is 3. The molecule has 1 aromatic heterocycles. The summed E-state index contributed by atoms with van der Waals surface area (Å²) in [6, 6.07) is 12.1. The first kappa shape index (κ1) is 32.1. The number of nitrogens with one attached hydrogen (secondary N) is 3. The number of aromatic nitrogens is 1. The van der Waals surface area contributed by atoms with Crippen LogP contribution in [0.5, 0.6) is 22.3 Å². The maximum absolute atomic E-state index is 12.8. The van der Waals surface area contributed by atoms with Crippen LogP contribution in [0.4, 0.5) is 15.6 Å². The van der Waals surface area contributed by atoms with Gasteiger partial charge in [-0.15, -0.1) is 0 Å². The van der Waals surface area contributed by atoms with Gasteiger partial charge in [0, 0.05) is 37.0 Å². The van der Waals surface area contributed by atoms with Crippen LogP contribution in [0.25, 0.3) is 0 Å². The van der Waals surface area contributed by atoms with E-state index in [0.717, 1.165) is 50.9 Å². The fourth-order valence-electron chi connectivity index (χ4n) is 4.73. The number of anilines is 2. The van der Waals surface area contributed by atoms with E-state index in [2.05, 4.69) is 39.7 Å². The van der Waals surface area contributed by atoms with Gasteiger partial charge in [-0.2, -0.15) is 0 Å². The normalized spacial score (nSPS) is 13.7. The lowest BCUT2D eigenvalue weighted by Crippen LogP contribution is -2.38. The number of piperidine rings is 1. The lowest BCUT2D eigenvalue weighted by molar-refractivity contribution is 0.0996. The van der Waals surface area contributed by atoms with Gasteiger partial charge in [0.15, 0.2) is 16.6 Å². The average Bonchev–Trinajstić information content (AvgIpc) is 3.46. The summed E-state index contributed by atoms with van der Waals surface area (Å²) >= 11 is 1.20. The number of urea groups is 1. The molecule has 0 atom stereocenters. The van der Waals surface area contributed by atoms with Crippen LogP contribution in [0, 0.1) is 0 Å². The molecule has 1 aliphatic heterocycles. The third-order valence-electron chi connectivity index (χ3n) is 7.18. The highest BCUT2D eigenvalue weighted by molar-refractivity contribution is 7.17. The van der Waals surface area contributed by atoms with Crippen molar-refractivity contribution in [1.82, 2.24) is 15.2 Å². The summed E-state index contributed by atoms with van der Waals surface area (Å²) in [5.74, 6) is 1.42. The third kappa shape index (κ3) is 10.1. The zero-order valence-corrected chi connectivity index (χ0v) is 26.1. The maximum atomic E-state index is 12.8. The van der Waals surface area contributed by atoms with E-state index in [1.807, 2.05) is 12.1 Å². The Morgan fingerprint density at radius 2 is 1.74 bits per heavy atom. The van der Waals surface area contributed by atoms with Crippen LogP contribution in [0.15, 0.2) is 48.7 Å². The number of unbranched alkanes of at least 4 members (excludes halogenated alkanes) is 3. The summed E-state index contributed by atoms with van der Waals surface area (Å²) in [6.07, 6.45) is 9.36. The summed E-state index contributed by atoms with van der Waals surface area (Å²) in [5, 5.41) is 9.36. The molecule has 43 heavy (non-hydrogen) atoms. The Morgan fingerprint density at radius 1 is 0.977 bits per heavy atom. The molecular weight excluding hydrogens is 566 g/mol. The molecule has 232 valence electrons. The Morgan fingerprint density at radius 3 is 2.47 bits per heavy atom. The van der Waals surface area contributed by atoms with Crippen LogP contribution in [0.2, 0.25) is 0 Å². The van der Waals surface area contributed by atoms with Crippen molar-refractivity contribution >= 4 is 34.1 Å². The largest absolute Gasteiger partial charge is 0.493 e. The van der Waals surface area contributed by atoms with Gasteiger partial charge in [-0.05, 0) is 68.6 Å². The molecule has 3 N–H and O–H groups in total. The van der Waals surface area contributed by atoms with E-state index in [0.29, 0.717) is 39.5 Å². The fourth-order valence-corrected chi connectivity index (χ4v) is 5.41. The lowest BCUT2D eigenvalue weighted by Gasteiger charge is -2.32. The molecule has 0 unspecified atom stereocenters. The van der Waals surface area contributed by atoms with E-state index in [4.69, 9.17) is 14.2 Å². The van der Waals surface area contributed by atoms with Crippen molar-refractivity contribution in [2.24, 2.45) is 0 Å². The van der Waals surface area contributed by atoms with Crippen molar-refractivity contribution in [3.05, 3.63) is 54.2 Å². The standard InChI is InChI=1S/C32H43N5O5S/c1-4-6-8-17-33-31(39)35-24-11-14-27(28(21-24)40-3)42-29-22-34-32(43-29)36-30(38)23-9-12-25(13-10-23)41-26-15-19-37(20-16-26)18-7-5-2/h9-14,21-22,26H,4-8,15-20H2,1-3H3,(H2,33,35,39)(H,34,36,38). The Hall–Kier alpha value is -3.83. The van der Waals surface area contributed by atoms with Crippen molar-refractivity contribution in [3.63, 3.8) is 0 Å². The van der Waals surface area contributed by atoms with E-state index < -0.39 is 0 Å². The van der Waals surface area contributed by atoms with Gasteiger partial charge in [0.2, 0.25) is 5.06 Å². The van der Waals surface area contributed by atoms with Crippen LogP contribution >= 0.6 is 11.3 Å². The molecule has 1 aliphatic rings. The molecule has 1 fully saturated rings. The maximum Gasteiger partial charge on any atom is 0.319 e. The topological polar surface area (TPSA) is 114 Å². The van der Waals surface area contributed by atoms with Gasteiger partial charge in [0.05, 0.1) is 13.3 Å². The van der Waals surface area contributed by atoms with E-state index >= 15 is 0 Å². The first-order chi connectivity index (χ1) is 21.0. The second kappa shape index (κ2) is 16.7. The quantitative estimate of drug-likeness (QED) is 0.157. The van der Waals surface area contributed by atoms with E-state index in [1.165, 1.54) is 37.8 Å². The Kier molecular flexibility index (Phi) is 12.5. The van der Waals surface area contributed by atoms with Crippen LogP contribution in [-0.4, -0.2) is 61.2 Å². The number of likely N-dealkylation sites (tertiary alicyclic amines) is 1. The second-order valence-electron chi connectivity index (χ2n) is 10.5. The van der Waals surface area contributed by atoms with Gasteiger partial charge in [0.25, 0.3) is 5.91 Å². The smallest absolute Gasteiger partial charge is 0.319 e. The molecule has 10 nitrogen and oxygen atoms in total. The highest BCUT2D eigenvalue weighted by atomic mass is 32.1. The van der Waals surface area contributed by atoms with Crippen molar-refractivity contribution in [1.29, 1.82) is 0 Å². The van der Waals surface area contributed by atoms with Crippen LogP contribution in [-0.2, 0) is 0 Å².